The van der Waals surface area contributed by atoms with Gasteiger partial charge < -0.3 is 11.1 Å². The molecule has 0 aromatic rings. The van der Waals surface area contributed by atoms with Crippen molar-refractivity contribution in [3.05, 3.63) is 0 Å². The minimum atomic E-state index is 0.120. The molecule has 3 fully saturated rings. The number of amides is 1. The van der Waals surface area contributed by atoms with Crippen molar-refractivity contribution in [2.24, 2.45) is 29.4 Å². The van der Waals surface area contributed by atoms with Gasteiger partial charge in [0.1, 0.15) is 0 Å². The molecule has 2 bridgehead atoms. The minimum absolute atomic E-state index is 0.120. The fraction of sp³-hybridized carbons (Fsp3) is 0.929. The van der Waals surface area contributed by atoms with E-state index in [1.54, 1.807) is 0 Å². The van der Waals surface area contributed by atoms with E-state index in [1.165, 1.54) is 38.5 Å². The summed E-state index contributed by atoms with van der Waals surface area (Å²) in [5.41, 5.74) is 6.17. The Morgan fingerprint density at radius 3 is 2.59 bits per heavy atom. The van der Waals surface area contributed by atoms with Crippen LogP contribution in [0, 0.1) is 23.7 Å². The lowest BCUT2D eigenvalue weighted by molar-refractivity contribution is -0.127. The highest BCUT2D eigenvalue weighted by Gasteiger charge is 2.48. The number of rotatable bonds is 5. The number of hydrogen-bond donors (Lipinski definition) is 2. The van der Waals surface area contributed by atoms with Crippen molar-refractivity contribution in [1.29, 1.82) is 0 Å². The molecule has 96 valence electrons. The predicted octanol–water partition coefficient (Wildman–Crippen LogP) is 1.67. The van der Waals surface area contributed by atoms with Gasteiger partial charge in [0.05, 0.1) is 5.92 Å². The summed E-state index contributed by atoms with van der Waals surface area (Å²) < 4.78 is 0. The molecule has 17 heavy (non-hydrogen) atoms. The van der Waals surface area contributed by atoms with Gasteiger partial charge in [-0.05, 0) is 49.9 Å². The molecule has 4 atom stereocenters. The van der Waals surface area contributed by atoms with E-state index in [0.717, 1.165) is 18.9 Å². The van der Waals surface area contributed by atoms with Crippen LogP contribution in [0.5, 0.6) is 0 Å². The van der Waals surface area contributed by atoms with Crippen LogP contribution < -0.4 is 11.1 Å². The third-order valence-electron chi connectivity index (χ3n) is 5.07. The van der Waals surface area contributed by atoms with E-state index in [-0.39, 0.29) is 17.9 Å². The molecule has 0 saturated heterocycles. The fourth-order valence-corrected chi connectivity index (χ4v) is 3.85. The summed E-state index contributed by atoms with van der Waals surface area (Å²) in [4.78, 5) is 12.1. The molecule has 1 amide bonds. The number of carbonyl (C=O) groups is 1. The van der Waals surface area contributed by atoms with Crippen molar-refractivity contribution in [3.63, 3.8) is 0 Å². The van der Waals surface area contributed by atoms with Crippen LogP contribution in [0.1, 0.15) is 44.9 Å². The first-order chi connectivity index (χ1) is 8.25. The molecule has 0 aliphatic heterocycles. The summed E-state index contributed by atoms with van der Waals surface area (Å²) >= 11 is 0. The topological polar surface area (TPSA) is 55.1 Å². The summed E-state index contributed by atoms with van der Waals surface area (Å²) in [5, 5.41) is 3.10. The Morgan fingerprint density at radius 2 is 1.94 bits per heavy atom. The van der Waals surface area contributed by atoms with Crippen LogP contribution >= 0.6 is 0 Å². The smallest absolute Gasteiger partial charge is 0.224 e. The van der Waals surface area contributed by atoms with E-state index >= 15 is 0 Å². The van der Waals surface area contributed by atoms with Crippen LogP contribution in [-0.4, -0.2) is 18.5 Å². The minimum Gasteiger partial charge on any atom is -0.356 e. The summed E-state index contributed by atoms with van der Waals surface area (Å²) in [5.74, 6) is 2.53. The molecule has 0 radical (unpaired) electrons. The lowest BCUT2D eigenvalue weighted by Gasteiger charge is -2.27. The summed E-state index contributed by atoms with van der Waals surface area (Å²) in [6.45, 7) is 0.857. The highest BCUT2D eigenvalue weighted by Crippen LogP contribution is 2.47. The van der Waals surface area contributed by atoms with E-state index in [2.05, 4.69) is 5.32 Å². The van der Waals surface area contributed by atoms with Gasteiger partial charge in [-0.3, -0.25) is 4.79 Å². The molecule has 3 nitrogen and oxygen atoms in total. The molecular weight excluding hydrogens is 212 g/mol. The third-order valence-corrected chi connectivity index (χ3v) is 5.07. The van der Waals surface area contributed by atoms with E-state index in [0.29, 0.717) is 11.8 Å². The van der Waals surface area contributed by atoms with Gasteiger partial charge in [-0.1, -0.05) is 12.8 Å². The zero-order valence-corrected chi connectivity index (χ0v) is 10.5. The lowest BCUT2D eigenvalue weighted by atomic mass is 9.84. The summed E-state index contributed by atoms with van der Waals surface area (Å²) in [7, 11) is 0. The second-order valence-electron chi connectivity index (χ2n) is 6.31. The van der Waals surface area contributed by atoms with Gasteiger partial charge in [0.25, 0.3) is 0 Å². The summed E-state index contributed by atoms with van der Waals surface area (Å²) in [6, 6.07) is 0.136. The van der Waals surface area contributed by atoms with Crippen molar-refractivity contribution in [1.82, 2.24) is 5.32 Å². The molecule has 0 aromatic carbocycles. The van der Waals surface area contributed by atoms with Crippen LogP contribution in [0.15, 0.2) is 0 Å². The maximum atomic E-state index is 12.1. The van der Waals surface area contributed by atoms with Crippen molar-refractivity contribution >= 4 is 5.91 Å². The second-order valence-corrected chi connectivity index (χ2v) is 6.31. The Balaban J connectivity index is 1.42. The molecule has 3 saturated carbocycles. The molecule has 0 heterocycles. The van der Waals surface area contributed by atoms with Gasteiger partial charge in [-0.25, -0.2) is 0 Å². The van der Waals surface area contributed by atoms with Crippen molar-refractivity contribution in [2.75, 3.05) is 6.54 Å². The highest BCUT2D eigenvalue weighted by atomic mass is 16.1. The highest BCUT2D eigenvalue weighted by molar-refractivity contribution is 5.80. The van der Waals surface area contributed by atoms with Gasteiger partial charge in [0.2, 0.25) is 5.91 Å². The van der Waals surface area contributed by atoms with Crippen LogP contribution in [0.25, 0.3) is 0 Å². The van der Waals surface area contributed by atoms with Gasteiger partial charge >= 0.3 is 0 Å². The number of carbonyl (C=O) groups excluding carboxylic acids is 1. The molecule has 3 rings (SSSR count). The molecule has 3 N–H and O–H groups in total. The largest absolute Gasteiger partial charge is 0.356 e. The quantitative estimate of drug-likeness (QED) is 0.713. The number of fused-ring (bicyclic) bond motifs is 2. The Kier molecular flexibility index (Phi) is 3.12. The first-order valence-corrected chi connectivity index (χ1v) is 7.29. The lowest BCUT2D eigenvalue weighted by Crippen LogP contribution is -2.45. The van der Waals surface area contributed by atoms with E-state index < -0.39 is 0 Å². The third kappa shape index (κ3) is 2.35. The summed E-state index contributed by atoms with van der Waals surface area (Å²) in [6.07, 6.45) is 8.92. The van der Waals surface area contributed by atoms with Crippen LogP contribution in [0.4, 0.5) is 0 Å². The van der Waals surface area contributed by atoms with Crippen molar-refractivity contribution < 1.29 is 4.79 Å². The molecule has 3 heteroatoms. The first kappa shape index (κ1) is 11.5. The van der Waals surface area contributed by atoms with Gasteiger partial charge in [-0.15, -0.1) is 0 Å². The van der Waals surface area contributed by atoms with Gasteiger partial charge in [-0.2, -0.15) is 0 Å². The van der Waals surface area contributed by atoms with Gasteiger partial charge in [0, 0.05) is 12.6 Å². The normalized spacial score (nSPS) is 39.6. The second kappa shape index (κ2) is 4.60. The van der Waals surface area contributed by atoms with E-state index in [9.17, 15) is 4.79 Å². The van der Waals surface area contributed by atoms with Crippen molar-refractivity contribution in [3.8, 4) is 0 Å². The molecular formula is C14H24N2O. The van der Waals surface area contributed by atoms with Crippen LogP contribution in [0.2, 0.25) is 0 Å². The van der Waals surface area contributed by atoms with Crippen LogP contribution in [0.3, 0.4) is 0 Å². The Labute approximate surface area is 104 Å². The number of nitrogens with two attached hydrogens (primary N) is 1. The number of hydrogen-bond acceptors (Lipinski definition) is 2. The monoisotopic (exact) mass is 236 g/mol. The zero-order valence-electron chi connectivity index (χ0n) is 10.5. The molecule has 3 aliphatic rings. The molecule has 0 spiro atoms. The zero-order chi connectivity index (χ0) is 11.8. The Bertz CT molecular complexity index is 299. The molecule has 4 unspecified atom stereocenters. The van der Waals surface area contributed by atoms with E-state index in [4.69, 9.17) is 5.73 Å². The number of nitrogens with one attached hydrogen (secondary N) is 1. The Hall–Kier alpha value is -0.570. The predicted molar refractivity (Wildman–Crippen MR) is 67.3 cm³/mol. The molecule has 3 aliphatic carbocycles. The van der Waals surface area contributed by atoms with Crippen LogP contribution in [-0.2, 0) is 4.79 Å². The maximum absolute atomic E-state index is 12.1. The Morgan fingerprint density at radius 1 is 1.18 bits per heavy atom. The fourth-order valence-electron chi connectivity index (χ4n) is 3.85. The SMILES string of the molecule is NC1C2CCC(C2)C1C(=O)NCCCC1CC1. The average Bonchev–Trinajstić information content (AvgIpc) is 2.93. The standard InChI is InChI=1S/C14H24N2O/c15-13-11-6-5-10(8-11)12(13)14(17)16-7-1-2-9-3-4-9/h9-13H,1-8,15H2,(H,16,17). The van der Waals surface area contributed by atoms with Gasteiger partial charge in [0.15, 0.2) is 0 Å². The maximum Gasteiger partial charge on any atom is 0.224 e. The molecule has 0 aromatic heterocycles. The average molecular weight is 236 g/mol. The van der Waals surface area contributed by atoms with Crippen molar-refractivity contribution in [2.45, 2.75) is 51.0 Å². The van der Waals surface area contributed by atoms with E-state index in [1.807, 2.05) is 0 Å². The first-order valence-electron chi connectivity index (χ1n) is 7.29.